The van der Waals surface area contributed by atoms with E-state index in [-0.39, 0.29) is 21.5 Å². The molecule has 1 atom stereocenters. The van der Waals surface area contributed by atoms with E-state index in [0.717, 1.165) is 51.3 Å². The van der Waals surface area contributed by atoms with Gasteiger partial charge in [-0.25, -0.2) is 13.6 Å². The zero-order valence-electron chi connectivity index (χ0n) is 18.1. The SMILES string of the molecule is CN1CCN(CCCNC(=O)N[s+]2cc(C(N)=O)c(OCc3c(F)cc(Br)cc3F)n2)CC1. The molecule has 4 N–H and O–H groups in total. The molecule has 1 fully saturated rings. The number of hydrogen-bond acceptors (Lipinski definition) is 6. The number of halogens is 3. The number of nitrogens with zero attached hydrogens (tertiary/aromatic N) is 3. The molecule has 0 bridgehead atoms. The van der Waals surface area contributed by atoms with Gasteiger partial charge >= 0.3 is 6.03 Å². The van der Waals surface area contributed by atoms with Gasteiger partial charge in [-0.05, 0) is 32.1 Å². The number of ether oxygens (including phenoxy) is 1. The van der Waals surface area contributed by atoms with Crippen LogP contribution in [0.4, 0.5) is 13.6 Å². The number of urea groups is 1. The van der Waals surface area contributed by atoms with Gasteiger partial charge in [0.2, 0.25) is 16.2 Å². The van der Waals surface area contributed by atoms with Crippen molar-refractivity contribution in [1.82, 2.24) is 19.5 Å². The number of rotatable bonds is 9. The van der Waals surface area contributed by atoms with E-state index in [2.05, 4.69) is 47.2 Å². The highest BCUT2D eigenvalue weighted by atomic mass is 79.9. The van der Waals surface area contributed by atoms with Gasteiger partial charge in [0.25, 0.3) is 11.8 Å². The fourth-order valence-corrected chi connectivity index (χ4v) is 4.80. The lowest BCUT2D eigenvalue weighted by Crippen LogP contribution is -2.45. The lowest BCUT2D eigenvalue weighted by Gasteiger charge is -2.32. The predicted octanol–water partition coefficient (Wildman–Crippen LogP) is 2.44. The highest BCUT2D eigenvalue weighted by Gasteiger charge is 2.26. The van der Waals surface area contributed by atoms with E-state index in [0.29, 0.717) is 6.54 Å². The summed E-state index contributed by atoms with van der Waals surface area (Å²) in [5, 5.41) is 4.11. The Morgan fingerprint density at radius 3 is 2.55 bits per heavy atom. The van der Waals surface area contributed by atoms with Gasteiger partial charge < -0.3 is 25.6 Å². The summed E-state index contributed by atoms with van der Waals surface area (Å²) in [6.45, 7) is 4.98. The summed E-state index contributed by atoms with van der Waals surface area (Å²) in [7, 11) is 0.902. The Morgan fingerprint density at radius 1 is 1.24 bits per heavy atom. The number of amides is 3. The molecule has 1 aromatic heterocycles. The van der Waals surface area contributed by atoms with Crippen molar-refractivity contribution < 1.29 is 23.1 Å². The predicted molar refractivity (Wildman–Crippen MR) is 125 cm³/mol. The maximum absolute atomic E-state index is 14.0. The van der Waals surface area contributed by atoms with E-state index in [1.54, 1.807) is 0 Å². The van der Waals surface area contributed by atoms with Crippen LogP contribution in [0.3, 0.4) is 0 Å². The molecule has 1 aliphatic rings. The molecule has 0 aliphatic carbocycles. The molecule has 3 amide bonds. The van der Waals surface area contributed by atoms with Crippen LogP contribution in [0.2, 0.25) is 0 Å². The Labute approximate surface area is 201 Å². The molecule has 180 valence electrons. The topological polar surface area (TPSA) is 113 Å². The summed E-state index contributed by atoms with van der Waals surface area (Å²) < 4.78 is 40.4. The molecule has 13 heteroatoms. The van der Waals surface area contributed by atoms with Crippen molar-refractivity contribution >= 4 is 38.7 Å². The molecule has 2 heterocycles. The smallest absolute Gasteiger partial charge is 0.361 e. The van der Waals surface area contributed by atoms with Crippen LogP contribution in [0.15, 0.2) is 22.0 Å². The molecule has 0 saturated carbocycles. The lowest BCUT2D eigenvalue weighted by molar-refractivity contribution is 0.0995. The van der Waals surface area contributed by atoms with Gasteiger partial charge in [0, 0.05) is 41.6 Å². The van der Waals surface area contributed by atoms with Crippen LogP contribution < -0.4 is 20.5 Å². The standard InChI is InChI=1S/C20H25BrF2N6O3S/c1-28-5-7-29(8-6-28)4-2-3-25-20(31)27-33-12-15(18(24)30)19(26-33)32-11-14-16(22)9-13(21)10-17(14)23/h9-10,12H,2-8,11H2,1H3,(H2,24,30)(H,25,31)/p+1. The van der Waals surface area contributed by atoms with Crippen LogP contribution in [0, 0.1) is 11.6 Å². The Kier molecular flexibility index (Phi) is 8.95. The first kappa shape index (κ1) is 25.3. The van der Waals surface area contributed by atoms with Crippen molar-refractivity contribution in [2.45, 2.75) is 13.0 Å². The van der Waals surface area contributed by atoms with E-state index >= 15 is 0 Å². The van der Waals surface area contributed by atoms with E-state index in [9.17, 15) is 18.4 Å². The van der Waals surface area contributed by atoms with Gasteiger partial charge in [-0.3, -0.25) is 4.79 Å². The fraction of sp³-hybridized carbons (Fsp3) is 0.450. The zero-order valence-corrected chi connectivity index (χ0v) is 20.5. The molecule has 1 aliphatic heterocycles. The normalized spacial score (nSPS) is 15.3. The molecule has 1 unspecified atom stereocenters. The molecule has 0 radical (unpaired) electrons. The van der Waals surface area contributed by atoms with Gasteiger partial charge in [0.1, 0.15) is 18.2 Å². The molecule has 2 aromatic rings. The third kappa shape index (κ3) is 7.32. The van der Waals surface area contributed by atoms with E-state index < -0.39 is 41.0 Å². The summed E-state index contributed by atoms with van der Waals surface area (Å²) in [5.74, 6) is -2.62. The van der Waals surface area contributed by atoms with Crippen LogP contribution in [-0.4, -0.2) is 72.4 Å². The Morgan fingerprint density at radius 2 is 1.91 bits per heavy atom. The van der Waals surface area contributed by atoms with Crippen molar-refractivity contribution in [3.05, 3.63) is 44.7 Å². The number of nitrogens with two attached hydrogens (primary N) is 1. The Bertz CT molecular complexity index is 977. The van der Waals surface area contributed by atoms with E-state index in [1.165, 1.54) is 5.38 Å². The van der Waals surface area contributed by atoms with Crippen molar-refractivity contribution in [2.24, 2.45) is 5.73 Å². The number of nitrogens with one attached hydrogen (secondary N) is 2. The number of benzene rings is 1. The number of carbonyl (C=O) groups is 2. The maximum atomic E-state index is 14.0. The van der Waals surface area contributed by atoms with E-state index in [1.807, 2.05) is 0 Å². The molecule has 3 rings (SSSR count). The van der Waals surface area contributed by atoms with Crippen molar-refractivity contribution in [1.29, 1.82) is 0 Å². The first-order chi connectivity index (χ1) is 15.7. The third-order valence-corrected chi connectivity index (χ3v) is 6.77. The van der Waals surface area contributed by atoms with Gasteiger partial charge in [-0.1, -0.05) is 15.9 Å². The molecule has 1 aromatic carbocycles. The molecular weight excluding hydrogens is 522 g/mol. The summed E-state index contributed by atoms with van der Waals surface area (Å²) in [4.78, 5) is 28.5. The molecule has 9 nitrogen and oxygen atoms in total. The Hall–Kier alpha value is -2.35. The van der Waals surface area contributed by atoms with Crippen molar-refractivity contribution in [3.63, 3.8) is 0 Å². The Balaban J connectivity index is 1.51. The maximum Gasteiger partial charge on any atom is 0.361 e. The summed E-state index contributed by atoms with van der Waals surface area (Å²) in [6, 6.07) is 1.75. The summed E-state index contributed by atoms with van der Waals surface area (Å²) in [6.07, 6.45) is 0.801. The van der Waals surface area contributed by atoms with Crippen LogP contribution in [0.1, 0.15) is 22.3 Å². The van der Waals surface area contributed by atoms with Crippen molar-refractivity contribution in [2.75, 3.05) is 51.0 Å². The first-order valence-electron chi connectivity index (χ1n) is 10.3. The number of carbonyl (C=O) groups excluding carboxylic acids is 2. The van der Waals surface area contributed by atoms with Gasteiger partial charge in [0.15, 0.2) is 5.56 Å². The van der Waals surface area contributed by atoms with Crippen LogP contribution >= 0.6 is 26.8 Å². The second-order valence-corrected chi connectivity index (χ2v) is 9.77. The number of likely N-dealkylation sites (N-methyl/N-ethyl adjacent to an activating group) is 1. The number of primary amides is 1. The molecule has 33 heavy (non-hydrogen) atoms. The quantitative estimate of drug-likeness (QED) is 0.328. The molecular formula is C20H26BrF2N6O3S+. The average molecular weight is 548 g/mol. The minimum atomic E-state index is -1.20. The first-order valence-corrected chi connectivity index (χ1v) is 12.3. The number of piperazine rings is 1. The monoisotopic (exact) mass is 547 g/mol. The van der Waals surface area contributed by atoms with Crippen LogP contribution in [0.5, 0.6) is 5.88 Å². The summed E-state index contributed by atoms with van der Waals surface area (Å²) in [5.41, 5.74) is 4.97. The van der Waals surface area contributed by atoms with Crippen molar-refractivity contribution in [3.8, 4) is 5.88 Å². The number of aromatic nitrogens is 1. The second kappa shape index (κ2) is 11.7. The zero-order chi connectivity index (χ0) is 24.0. The second-order valence-electron chi connectivity index (χ2n) is 7.60. The van der Waals surface area contributed by atoms with Gasteiger partial charge in [-0.2, -0.15) is 0 Å². The third-order valence-electron chi connectivity index (χ3n) is 5.10. The lowest BCUT2D eigenvalue weighted by atomic mass is 10.2. The van der Waals surface area contributed by atoms with Crippen LogP contribution in [0.25, 0.3) is 0 Å². The average Bonchev–Trinajstić information content (AvgIpc) is 3.14. The van der Waals surface area contributed by atoms with Gasteiger partial charge in [0.05, 0.1) is 5.56 Å². The molecule has 1 saturated heterocycles. The number of hydrogen-bond donors (Lipinski definition) is 3. The van der Waals surface area contributed by atoms with Gasteiger partial charge in [-0.15, -0.1) is 4.72 Å². The summed E-state index contributed by atoms with van der Waals surface area (Å²) >= 11 is 3.00. The fourth-order valence-electron chi connectivity index (χ4n) is 3.20. The highest BCUT2D eigenvalue weighted by molar-refractivity contribution is 9.10. The minimum Gasteiger partial charge on any atom is -0.469 e. The molecule has 0 spiro atoms. The largest absolute Gasteiger partial charge is 0.469 e. The van der Waals surface area contributed by atoms with E-state index in [4.69, 9.17) is 10.5 Å². The highest BCUT2D eigenvalue weighted by Crippen LogP contribution is 2.27. The minimum absolute atomic E-state index is 0.0633. The van der Waals surface area contributed by atoms with Crippen LogP contribution in [-0.2, 0) is 6.61 Å².